The minimum atomic E-state index is 0. The molecule has 126 valence electrons. The maximum Gasteiger partial charge on any atom is 0.241 e. The summed E-state index contributed by atoms with van der Waals surface area (Å²) in [7, 11) is 0. The third-order valence-electron chi connectivity index (χ3n) is 4.10. The zero-order valence-electron chi connectivity index (χ0n) is 13.8. The Kier molecular flexibility index (Phi) is 6.57. The Bertz CT molecular complexity index is 589. The molecule has 3 rings (SSSR count). The number of benzene rings is 1. The molecule has 0 atom stereocenters. The van der Waals surface area contributed by atoms with Crippen molar-refractivity contribution in [3.05, 3.63) is 35.7 Å². The lowest BCUT2D eigenvalue weighted by atomic mass is 10.0. The van der Waals surface area contributed by atoms with Crippen LogP contribution in [0.25, 0.3) is 11.4 Å². The Morgan fingerprint density at radius 2 is 1.96 bits per heavy atom. The van der Waals surface area contributed by atoms with Gasteiger partial charge in [-0.25, -0.2) is 0 Å². The van der Waals surface area contributed by atoms with E-state index in [-0.39, 0.29) is 12.4 Å². The normalized spacial score (nSPS) is 16.1. The zero-order chi connectivity index (χ0) is 15.4. The summed E-state index contributed by atoms with van der Waals surface area (Å²) in [5, 5.41) is 7.52. The van der Waals surface area contributed by atoms with Crippen LogP contribution in [-0.4, -0.2) is 41.2 Å². The van der Waals surface area contributed by atoms with Gasteiger partial charge in [0.15, 0.2) is 0 Å². The Morgan fingerprint density at radius 3 is 2.70 bits per heavy atom. The highest BCUT2D eigenvalue weighted by atomic mass is 35.5. The molecule has 6 heteroatoms. The second-order valence-corrected chi connectivity index (χ2v) is 6.17. The van der Waals surface area contributed by atoms with E-state index in [9.17, 15) is 0 Å². The van der Waals surface area contributed by atoms with Gasteiger partial charge < -0.3 is 9.84 Å². The number of halogens is 1. The van der Waals surface area contributed by atoms with E-state index in [1.54, 1.807) is 0 Å². The second-order valence-electron chi connectivity index (χ2n) is 6.17. The van der Waals surface area contributed by atoms with Crippen molar-refractivity contribution in [2.75, 3.05) is 26.2 Å². The molecule has 1 aromatic carbocycles. The van der Waals surface area contributed by atoms with E-state index in [0.29, 0.717) is 17.6 Å². The fraction of sp³-hybridized carbons (Fsp3) is 0.529. The largest absolute Gasteiger partial charge is 0.338 e. The van der Waals surface area contributed by atoms with Gasteiger partial charge in [0.2, 0.25) is 11.7 Å². The molecule has 2 heterocycles. The molecule has 0 bridgehead atoms. The molecule has 23 heavy (non-hydrogen) atoms. The van der Waals surface area contributed by atoms with Crippen LogP contribution in [0.4, 0.5) is 0 Å². The van der Waals surface area contributed by atoms with Gasteiger partial charge in [-0.3, -0.25) is 4.90 Å². The first-order valence-electron chi connectivity index (χ1n) is 8.08. The van der Waals surface area contributed by atoms with Crippen molar-refractivity contribution < 1.29 is 4.52 Å². The van der Waals surface area contributed by atoms with Gasteiger partial charge in [0.1, 0.15) is 0 Å². The molecule has 1 aromatic heterocycles. The van der Waals surface area contributed by atoms with Crippen molar-refractivity contribution in [2.45, 2.75) is 32.7 Å². The Morgan fingerprint density at radius 1 is 1.17 bits per heavy atom. The van der Waals surface area contributed by atoms with Crippen LogP contribution >= 0.6 is 12.4 Å². The van der Waals surface area contributed by atoms with Crippen molar-refractivity contribution in [2.24, 2.45) is 0 Å². The van der Waals surface area contributed by atoms with Gasteiger partial charge in [-0.15, -0.1) is 12.4 Å². The number of hydrogen-bond acceptors (Lipinski definition) is 5. The predicted octanol–water partition coefficient (Wildman–Crippen LogP) is 3.08. The summed E-state index contributed by atoms with van der Waals surface area (Å²) in [5.74, 6) is 1.91. The number of nitrogens with zero attached hydrogens (tertiary/aromatic N) is 3. The molecule has 1 N–H and O–H groups in total. The predicted molar refractivity (Wildman–Crippen MR) is 93.8 cm³/mol. The van der Waals surface area contributed by atoms with E-state index in [2.05, 4.69) is 58.5 Å². The smallest absolute Gasteiger partial charge is 0.241 e. The third-order valence-corrected chi connectivity index (χ3v) is 4.10. The average Bonchev–Trinajstić information content (AvgIpc) is 2.83. The van der Waals surface area contributed by atoms with E-state index < -0.39 is 0 Å². The van der Waals surface area contributed by atoms with Gasteiger partial charge in [0.25, 0.3) is 0 Å². The minimum absolute atomic E-state index is 0. The van der Waals surface area contributed by atoms with Crippen LogP contribution in [0.1, 0.15) is 37.6 Å². The van der Waals surface area contributed by atoms with Gasteiger partial charge in [0.05, 0.1) is 6.54 Å². The molecule has 5 nitrogen and oxygen atoms in total. The molecule has 1 fully saturated rings. The Hall–Kier alpha value is -1.43. The summed E-state index contributed by atoms with van der Waals surface area (Å²) >= 11 is 0. The highest BCUT2D eigenvalue weighted by Gasteiger charge is 2.14. The SMILES string of the molecule is CC(C)c1ccc(-c2noc(CN3CCCNCC3)n2)cc1.Cl. The number of hydrogen-bond donors (Lipinski definition) is 1. The monoisotopic (exact) mass is 336 g/mol. The fourth-order valence-electron chi connectivity index (χ4n) is 2.70. The first kappa shape index (κ1) is 17.9. The Labute approximate surface area is 143 Å². The maximum atomic E-state index is 5.42. The molecule has 0 unspecified atom stereocenters. The van der Waals surface area contributed by atoms with Gasteiger partial charge in [0, 0.05) is 18.7 Å². The van der Waals surface area contributed by atoms with Crippen molar-refractivity contribution in [1.82, 2.24) is 20.4 Å². The summed E-state index contributed by atoms with van der Waals surface area (Å²) in [6, 6.07) is 8.41. The van der Waals surface area contributed by atoms with Crippen LogP contribution < -0.4 is 5.32 Å². The summed E-state index contributed by atoms with van der Waals surface area (Å²) in [6.45, 7) is 9.34. The van der Waals surface area contributed by atoms with Crippen LogP contribution in [0.15, 0.2) is 28.8 Å². The lowest BCUT2D eigenvalue weighted by molar-refractivity contribution is 0.239. The highest BCUT2D eigenvalue weighted by Crippen LogP contribution is 2.20. The molecular formula is C17H25ClN4O. The van der Waals surface area contributed by atoms with Crippen LogP contribution in [0.3, 0.4) is 0 Å². The van der Waals surface area contributed by atoms with Crippen molar-refractivity contribution >= 4 is 12.4 Å². The van der Waals surface area contributed by atoms with Gasteiger partial charge in [-0.05, 0) is 31.0 Å². The standard InChI is InChI=1S/C17H24N4O.ClH/c1-13(2)14-4-6-15(7-5-14)17-19-16(22-20-17)12-21-10-3-8-18-9-11-21;/h4-7,13,18H,3,8-12H2,1-2H3;1H. The number of aromatic nitrogens is 2. The van der Waals surface area contributed by atoms with Crippen molar-refractivity contribution in [1.29, 1.82) is 0 Å². The third kappa shape index (κ3) is 4.77. The van der Waals surface area contributed by atoms with Crippen LogP contribution in [-0.2, 0) is 6.54 Å². The molecule has 1 saturated heterocycles. The molecule has 1 aliphatic rings. The quantitative estimate of drug-likeness (QED) is 0.929. The second kappa shape index (κ2) is 8.43. The first-order chi connectivity index (χ1) is 10.7. The molecule has 0 aliphatic carbocycles. The Balaban J connectivity index is 0.00000192. The van der Waals surface area contributed by atoms with E-state index in [1.165, 1.54) is 5.56 Å². The zero-order valence-corrected chi connectivity index (χ0v) is 14.6. The lowest BCUT2D eigenvalue weighted by Crippen LogP contribution is -2.27. The highest BCUT2D eigenvalue weighted by molar-refractivity contribution is 5.85. The number of rotatable bonds is 4. The van der Waals surface area contributed by atoms with Crippen molar-refractivity contribution in [3.63, 3.8) is 0 Å². The van der Waals surface area contributed by atoms with E-state index in [0.717, 1.165) is 44.7 Å². The molecule has 0 amide bonds. The van der Waals surface area contributed by atoms with Gasteiger partial charge >= 0.3 is 0 Å². The van der Waals surface area contributed by atoms with E-state index in [1.807, 2.05) is 0 Å². The molecule has 0 radical (unpaired) electrons. The summed E-state index contributed by atoms with van der Waals surface area (Å²) in [5.41, 5.74) is 2.33. The van der Waals surface area contributed by atoms with E-state index in [4.69, 9.17) is 4.52 Å². The summed E-state index contributed by atoms with van der Waals surface area (Å²) in [6.07, 6.45) is 1.16. The molecule has 1 aliphatic heterocycles. The first-order valence-corrected chi connectivity index (χ1v) is 8.08. The topological polar surface area (TPSA) is 54.2 Å². The summed E-state index contributed by atoms with van der Waals surface area (Å²) < 4.78 is 5.42. The lowest BCUT2D eigenvalue weighted by Gasteiger charge is -2.16. The van der Waals surface area contributed by atoms with Gasteiger partial charge in [-0.1, -0.05) is 43.3 Å². The minimum Gasteiger partial charge on any atom is -0.338 e. The van der Waals surface area contributed by atoms with Crippen LogP contribution in [0.5, 0.6) is 0 Å². The van der Waals surface area contributed by atoms with Crippen molar-refractivity contribution in [3.8, 4) is 11.4 Å². The molecule has 0 saturated carbocycles. The number of nitrogens with one attached hydrogen (secondary N) is 1. The van der Waals surface area contributed by atoms with Crippen LogP contribution in [0.2, 0.25) is 0 Å². The van der Waals surface area contributed by atoms with Crippen LogP contribution in [0, 0.1) is 0 Å². The molecule has 0 spiro atoms. The molecular weight excluding hydrogens is 312 g/mol. The summed E-state index contributed by atoms with van der Waals surface area (Å²) in [4.78, 5) is 6.90. The van der Waals surface area contributed by atoms with Gasteiger partial charge in [-0.2, -0.15) is 4.98 Å². The molecule has 2 aromatic rings. The average molecular weight is 337 g/mol. The van der Waals surface area contributed by atoms with E-state index >= 15 is 0 Å². The fourth-order valence-corrected chi connectivity index (χ4v) is 2.70. The maximum absolute atomic E-state index is 5.42.